The van der Waals surface area contributed by atoms with Crippen molar-refractivity contribution in [3.05, 3.63) is 47.9 Å². The smallest absolute Gasteiger partial charge is 0.304 e. The third-order valence-electron chi connectivity index (χ3n) is 6.33. The molecule has 2 aromatic rings. The van der Waals surface area contributed by atoms with Crippen LogP contribution in [0.1, 0.15) is 44.6 Å². The molecule has 0 aliphatic carbocycles. The van der Waals surface area contributed by atoms with Crippen LogP contribution in [0.5, 0.6) is 0 Å². The van der Waals surface area contributed by atoms with Gasteiger partial charge in [0.05, 0.1) is 16.9 Å². The summed E-state index contributed by atoms with van der Waals surface area (Å²) in [7, 11) is -2.10. The number of aryl methyl sites for hydroxylation is 1. The molecule has 1 aromatic heterocycles. The average Bonchev–Trinajstić information content (AvgIpc) is 3.18. The van der Waals surface area contributed by atoms with Gasteiger partial charge in [0.15, 0.2) is 6.39 Å². The average molecular weight is 437 g/mol. The van der Waals surface area contributed by atoms with E-state index >= 15 is 0 Å². The minimum Gasteiger partial charge on any atom is -0.448 e. The number of likely N-dealkylation sites (tertiary alicyclic amines) is 1. The zero-order valence-corrected chi connectivity index (χ0v) is 18.5. The lowest BCUT2D eigenvalue weighted by Gasteiger charge is -2.46. The van der Waals surface area contributed by atoms with Crippen LogP contribution in [0.4, 0.5) is 10.1 Å². The molecule has 0 unspecified atom stereocenters. The van der Waals surface area contributed by atoms with Gasteiger partial charge in [-0.15, -0.1) is 0 Å². The first kappa shape index (κ1) is 21.3. The molecule has 2 atom stereocenters. The second-order valence-electron chi connectivity index (χ2n) is 8.48. The Hall–Kier alpha value is -1.97. The number of nitrogens with zero attached hydrogens (tertiary/aromatic N) is 4. The Balaban J connectivity index is 1.60. The standard InChI is InChI=1S/C21H29FN4O3S/c1-4-6-20-19(23-15-29-20)13-25-10-9-21(12-16(25)2)14-24(3)30(27,28)26(21)18-8-5-7-17(22)11-18/h5,7-8,11,15-16H,4,6,9-10,12-14H2,1-3H3/t16-,21+/m0/s1. The van der Waals surface area contributed by atoms with E-state index in [0.717, 1.165) is 30.8 Å². The van der Waals surface area contributed by atoms with E-state index in [2.05, 4.69) is 23.7 Å². The van der Waals surface area contributed by atoms with E-state index in [1.54, 1.807) is 19.2 Å². The first-order valence-electron chi connectivity index (χ1n) is 10.4. The fraction of sp³-hybridized carbons (Fsp3) is 0.571. The van der Waals surface area contributed by atoms with Crippen LogP contribution in [0.3, 0.4) is 0 Å². The Morgan fingerprint density at radius 1 is 1.37 bits per heavy atom. The highest BCUT2D eigenvalue weighted by Crippen LogP contribution is 2.44. The normalized spacial score (nSPS) is 27.2. The van der Waals surface area contributed by atoms with E-state index in [4.69, 9.17) is 4.42 Å². The van der Waals surface area contributed by atoms with Gasteiger partial charge in [-0.25, -0.2) is 9.37 Å². The van der Waals surface area contributed by atoms with Gasteiger partial charge in [-0.05, 0) is 44.4 Å². The summed E-state index contributed by atoms with van der Waals surface area (Å²) in [5.41, 5.74) is 0.757. The quantitative estimate of drug-likeness (QED) is 0.720. The summed E-state index contributed by atoms with van der Waals surface area (Å²) >= 11 is 0. The molecule has 0 amide bonds. The number of oxazole rings is 1. The molecule has 0 bridgehead atoms. The summed E-state index contributed by atoms with van der Waals surface area (Å²) < 4.78 is 48.6. The van der Waals surface area contributed by atoms with Crippen molar-refractivity contribution in [3.8, 4) is 0 Å². The summed E-state index contributed by atoms with van der Waals surface area (Å²) in [5.74, 6) is 0.488. The number of aromatic nitrogens is 1. The highest BCUT2D eigenvalue weighted by Gasteiger charge is 2.55. The van der Waals surface area contributed by atoms with Gasteiger partial charge < -0.3 is 4.42 Å². The molecule has 30 heavy (non-hydrogen) atoms. The number of hydrogen-bond acceptors (Lipinski definition) is 5. The molecule has 9 heteroatoms. The molecule has 0 saturated carbocycles. The molecule has 164 valence electrons. The lowest BCUT2D eigenvalue weighted by atomic mass is 9.83. The number of benzene rings is 1. The van der Waals surface area contributed by atoms with E-state index in [1.807, 2.05) is 0 Å². The van der Waals surface area contributed by atoms with Crippen LogP contribution in [0.2, 0.25) is 0 Å². The number of piperidine rings is 1. The van der Waals surface area contributed by atoms with Crippen molar-refractivity contribution in [2.75, 3.05) is 24.4 Å². The molecular weight excluding hydrogens is 407 g/mol. The van der Waals surface area contributed by atoms with Gasteiger partial charge in [-0.1, -0.05) is 13.0 Å². The second kappa shape index (κ2) is 7.94. The Morgan fingerprint density at radius 2 is 2.17 bits per heavy atom. The molecule has 7 nitrogen and oxygen atoms in total. The van der Waals surface area contributed by atoms with Crippen molar-refractivity contribution in [1.29, 1.82) is 0 Å². The van der Waals surface area contributed by atoms with Gasteiger partial charge in [0, 0.05) is 39.1 Å². The molecule has 0 N–H and O–H groups in total. The van der Waals surface area contributed by atoms with Crippen LogP contribution >= 0.6 is 0 Å². The van der Waals surface area contributed by atoms with Gasteiger partial charge in [0.2, 0.25) is 0 Å². The minimum absolute atomic E-state index is 0.141. The van der Waals surface area contributed by atoms with E-state index in [9.17, 15) is 12.8 Å². The highest BCUT2D eigenvalue weighted by molar-refractivity contribution is 7.90. The molecule has 2 aliphatic rings. The summed E-state index contributed by atoms with van der Waals surface area (Å²) in [6.07, 6.45) is 4.68. The number of anilines is 1. The minimum atomic E-state index is -3.69. The Morgan fingerprint density at radius 3 is 2.87 bits per heavy atom. The maximum atomic E-state index is 13.9. The summed E-state index contributed by atoms with van der Waals surface area (Å²) in [5, 5.41) is 0. The first-order valence-corrected chi connectivity index (χ1v) is 11.8. The van der Waals surface area contributed by atoms with Crippen LogP contribution in [-0.2, 0) is 23.2 Å². The van der Waals surface area contributed by atoms with Crippen LogP contribution in [0, 0.1) is 5.82 Å². The maximum Gasteiger partial charge on any atom is 0.304 e. The first-order chi connectivity index (χ1) is 14.3. The lowest BCUT2D eigenvalue weighted by molar-refractivity contribution is 0.0988. The molecule has 0 radical (unpaired) electrons. The third kappa shape index (κ3) is 3.63. The number of hydrogen-bond donors (Lipinski definition) is 0. The predicted molar refractivity (Wildman–Crippen MR) is 113 cm³/mol. The van der Waals surface area contributed by atoms with E-state index in [0.29, 0.717) is 31.6 Å². The molecule has 2 aliphatic heterocycles. The number of rotatable bonds is 5. The molecule has 4 rings (SSSR count). The SMILES string of the molecule is CCCc1ocnc1CN1CC[C@@]2(C[C@@H]1C)CN(C)S(=O)(=O)N2c1cccc(F)c1. The predicted octanol–water partition coefficient (Wildman–Crippen LogP) is 3.19. The fourth-order valence-corrected chi connectivity index (χ4v) is 6.69. The van der Waals surface area contributed by atoms with Crippen LogP contribution in [0.25, 0.3) is 0 Å². The number of likely N-dealkylation sites (N-methyl/N-ethyl adjacent to an activating group) is 1. The van der Waals surface area contributed by atoms with Crippen molar-refractivity contribution < 1.29 is 17.2 Å². The van der Waals surface area contributed by atoms with Crippen molar-refractivity contribution in [2.24, 2.45) is 0 Å². The highest BCUT2D eigenvalue weighted by atomic mass is 32.2. The largest absolute Gasteiger partial charge is 0.448 e. The molecule has 1 spiro atoms. The van der Waals surface area contributed by atoms with Crippen molar-refractivity contribution >= 4 is 15.9 Å². The van der Waals surface area contributed by atoms with Crippen LogP contribution < -0.4 is 4.31 Å². The van der Waals surface area contributed by atoms with Gasteiger partial charge in [0.1, 0.15) is 11.6 Å². The lowest BCUT2D eigenvalue weighted by Crippen LogP contribution is -2.57. The summed E-state index contributed by atoms with van der Waals surface area (Å²) in [4.78, 5) is 6.73. The van der Waals surface area contributed by atoms with Gasteiger partial charge >= 0.3 is 10.2 Å². The number of halogens is 1. The van der Waals surface area contributed by atoms with E-state index < -0.39 is 21.6 Å². The Kier molecular flexibility index (Phi) is 5.63. The second-order valence-corrected chi connectivity index (χ2v) is 10.4. The van der Waals surface area contributed by atoms with Gasteiger partial charge in [0.25, 0.3) is 0 Å². The fourth-order valence-electron chi connectivity index (χ4n) is 4.92. The van der Waals surface area contributed by atoms with E-state index in [1.165, 1.54) is 27.1 Å². The monoisotopic (exact) mass is 436 g/mol. The summed E-state index contributed by atoms with van der Waals surface area (Å²) in [6.45, 7) is 6.04. The van der Waals surface area contributed by atoms with E-state index in [-0.39, 0.29) is 6.04 Å². The van der Waals surface area contributed by atoms with Crippen molar-refractivity contribution in [3.63, 3.8) is 0 Å². The molecular formula is C21H29FN4O3S. The summed E-state index contributed by atoms with van der Waals surface area (Å²) in [6, 6.07) is 6.01. The third-order valence-corrected chi connectivity index (χ3v) is 8.31. The molecule has 3 heterocycles. The van der Waals surface area contributed by atoms with Crippen molar-refractivity contribution in [2.45, 2.75) is 57.7 Å². The maximum absolute atomic E-state index is 13.9. The molecule has 2 saturated heterocycles. The van der Waals surface area contributed by atoms with Gasteiger partial charge in [-0.2, -0.15) is 12.7 Å². The van der Waals surface area contributed by atoms with Crippen molar-refractivity contribution in [1.82, 2.24) is 14.2 Å². The van der Waals surface area contributed by atoms with Crippen LogP contribution in [-0.4, -0.2) is 54.3 Å². The van der Waals surface area contributed by atoms with Gasteiger partial charge in [-0.3, -0.25) is 9.21 Å². The molecule has 1 aromatic carbocycles. The topological polar surface area (TPSA) is 69.9 Å². The Labute approximate surface area is 177 Å². The zero-order chi connectivity index (χ0) is 21.5. The Bertz CT molecular complexity index is 1010. The van der Waals surface area contributed by atoms with Crippen LogP contribution in [0.15, 0.2) is 35.1 Å². The molecule has 2 fully saturated rings. The zero-order valence-electron chi connectivity index (χ0n) is 17.7.